The summed E-state index contributed by atoms with van der Waals surface area (Å²) in [6.07, 6.45) is 7.18. The molecule has 0 saturated heterocycles. The molecule has 1 aliphatic carbocycles. The molecular formula is C23H29N3O4S. The van der Waals surface area contributed by atoms with Crippen molar-refractivity contribution in [2.24, 2.45) is 0 Å². The zero-order valence-electron chi connectivity index (χ0n) is 18.2. The second kappa shape index (κ2) is 9.18. The number of esters is 1. The first-order chi connectivity index (χ1) is 15.0. The first kappa shape index (κ1) is 21.5. The molecule has 2 aromatic heterocycles. The van der Waals surface area contributed by atoms with Crippen LogP contribution in [0.15, 0.2) is 18.2 Å². The normalized spacial score (nSPS) is 15.1. The van der Waals surface area contributed by atoms with E-state index in [4.69, 9.17) is 14.5 Å². The summed E-state index contributed by atoms with van der Waals surface area (Å²) in [6.45, 7) is 4.07. The predicted octanol–water partition coefficient (Wildman–Crippen LogP) is 5.40. The Balaban J connectivity index is 1.83. The smallest absolute Gasteiger partial charge is 0.350 e. The Morgan fingerprint density at radius 2 is 2.03 bits per heavy atom. The molecule has 0 bridgehead atoms. The second-order valence-corrected chi connectivity index (χ2v) is 8.86. The fourth-order valence-corrected chi connectivity index (χ4v) is 5.23. The van der Waals surface area contributed by atoms with Crippen LogP contribution in [0, 0.1) is 6.92 Å². The molecule has 0 amide bonds. The maximum Gasteiger partial charge on any atom is 0.350 e. The number of imidazole rings is 1. The monoisotopic (exact) mass is 443 g/mol. The SMILES string of the molecule is CCOC(=O)c1sc2nc(-c3ccc(O)c(OC)c3)c(NC3CCCCCC3)n2c1C. The number of anilines is 1. The first-order valence-corrected chi connectivity index (χ1v) is 11.7. The molecule has 0 aliphatic heterocycles. The number of benzene rings is 1. The zero-order chi connectivity index (χ0) is 22.0. The summed E-state index contributed by atoms with van der Waals surface area (Å²) in [7, 11) is 1.53. The fraction of sp³-hybridized carbons (Fsp3) is 0.478. The number of carbonyl (C=O) groups is 1. The molecule has 7 nitrogen and oxygen atoms in total. The lowest BCUT2D eigenvalue weighted by Gasteiger charge is -2.19. The van der Waals surface area contributed by atoms with Crippen LogP contribution in [0.4, 0.5) is 5.82 Å². The maximum absolute atomic E-state index is 12.4. The molecule has 1 fully saturated rings. The second-order valence-electron chi connectivity index (χ2n) is 7.88. The molecule has 0 unspecified atom stereocenters. The topological polar surface area (TPSA) is 85.1 Å². The number of nitrogens with one attached hydrogen (secondary N) is 1. The average Bonchev–Trinajstić information content (AvgIpc) is 3.14. The number of phenolic OH excluding ortho intramolecular Hbond substituents is 1. The number of phenols is 1. The van der Waals surface area contributed by atoms with E-state index in [1.165, 1.54) is 44.1 Å². The van der Waals surface area contributed by atoms with Gasteiger partial charge in [-0.3, -0.25) is 4.40 Å². The van der Waals surface area contributed by atoms with E-state index in [1.54, 1.807) is 19.1 Å². The number of hydrogen-bond acceptors (Lipinski definition) is 7. The minimum Gasteiger partial charge on any atom is -0.504 e. The van der Waals surface area contributed by atoms with Crippen LogP contribution in [0.25, 0.3) is 16.2 Å². The number of carbonyl (C=O) groups excluding carboxylic acids is 1. The third kappa shape index (κ3) is 4.21. The summed E-state index contributed by atoms with van der Waals surface area (Å²) in [4.78, 5) is 18.6. The zero-order valence-corrected chi connectivity index (χ0v) is 19.1. The summed E-state index contributed by atoms with van der Waals surface area (Å²) in [5.41, 5.74) is 2.45. The number of rotatable bonds is 6. The lowest BCUT2D eigenvalue weighted by molar-refractivity contribution is 0.0531. The van der Waals surface area contributed by atoms with Gasteiger partial charge in [0.1, 0.15) is 16.4 Å². The highest BCUT2D eigenvalue weighted by molar-refractivity contribution is 7.19. The molecule has 1 aliphatic rings. The van der Waals surface area contributed by atoms with Gasteiger partial charge in [-0.05, 0) is 44.9 Å². The number of aromatic hydroxyl groups is 1. The molecule has 166 valence electrons. The van der Waals surface area contributed by atoms with Crippen LogP contribution in [-0.4, -0.2) is 40.2 Å². The predicted molar refractivity (Wildman–Crippen MR) is 123 cm³/mol. The van der Waals surface area contributed by atoms with Crippen LogP contribution >= 0.6 is 11.3 Å². The third-order valence-corrected chi connectivity index (χ3v) is 6.94. The van der Waals surface area contributed by atoms with Gasteiger partial charge in [0.15, 0.2) is 16.5 Å². The van der Waals surface area contributed by atoms with Crippen molar-refractivity contribution in [3.8, 4) is 22.8 Å². The van der Waals surface area contributed by atoms with E-state index in [9.17, 15) is 9.90 Å². The Bertz CT molecular complexity index is 1080. The molecule has 2 heterocycles. The molecular weight excluding hydrogens is 414 g/mol. The Morgan fingerprint density at radius 3 is 2.71 bits per heavy atom. The average molecular weight is 444 g/mol. The van der Waals surface area contributed by atoms with E-state index < -0.39 is 0 Å². The summed E-state index contributed by atoms with van der Waals surface area (Å²) in [5, 5.41) is 13.8. The largest absolute Gasteiger partial charge is 0.504 e. The number of aryl methyl sites for hydroxylation is 1. The van der Waals surface area contributed by atoms with Crippen LogP contribution in [0.1, 0.15) is 60.8 Å². The van der Waals surface area contributed by atoms with E-state index in [1.807, 2.05) is 17.4 Å². The molecule has 8 heteroatoms. The number of ether oxygens (including phenoxy) is 2. The van der Waals surface area contributed by atoms with Crippen molar-refractivity contribution in [1.29, 1.82) is 0 Å². The van der Waals surface area contributed by atoms with Crippen LogP contribution in [0.3, 0.4) is 0 Å². The van der Waals surface area contributed by atoms with Crippen LogP contribution in [0.2, 0.25) is 0 Å². The van der Waals surface area contributed by atoms with Gasteiger partial charge in [-0.15, -0.1) is 0 Å². The van der Waals surface area contributed by atoms with E-state index in [0.29, 0.717) is 23.3 Å². The standard InChI is InChI=1S/C23H29N3O4S/c1-4-30-22(28)20-14(2)26-21(24-16-9-7-5-6-8-10-16)19(25-23(26)31-20)15-11-12-17(27)18(13-15)29-3/h11-13,16,24,27H,4-10H2,1-3H3. The van der Waals surface area contributed by atoms with E-state index >= 15 is 0 Å². The molecule has 0 radical (unpaired) electrons. The quantitative estimate of drug-likeness (QED) is 0.392. The van der Waals surface area contributed by atoms with Gasteiger partial charge in [0.05, 0.1) is 13.7 Å². The number of methoxy groups -OCH3 is 1. The Morgan fingerprint density at radius 1 is 1.29 bits per heavy atom. The lowest BCUT2D eigenvalue weighted by Crippen LogP contribution is -2.20. The van der Waals surface area contributed by atoms with E-state index in [0.717, 1.165) is 40.6 Å². The van der Waals surface area contributed by atoms with Crippen LogP contribution in [-0.2, 0) is 4.74 Å². The van der Waals surface area contributed by atoms with Crippen molar-refractivity contribution in [3.05, 3.63) is 28.8 Å². The summed E-state index contributed by atoms with van der Waals surface area (Å²) < 4.78 is 12.6. The number of thiazole rings is 1. The van der Waals surface area contributed by atoms with Gasteiger partial charge >= 0.3 is 5.97 Å². The lowest BCUT2D eigenvalue weighted by atomic mass is 10.1. The number of aromatic nitrogens is 2. The molecule has 2 N–H and O–H groups in total. The van der Waals surface area contributed by atoms with E-state index in [2.05, 4.69) is 5.32 Å². The first-order valence-electron chi connectivity index (χ1n) is 10.9. The van der Waals surface area contributed by atoms with E-state index in [-0.39, 0.29) is 11.7 Å². The van der Waals surface area contributed by atoms with Crippen molar-refractivity contribution in [2.75, 3.05) is 19.0 Å². The van der Waals surface area contributed by atoms with Gasteiger partial charge in [0, 0.05) is 17.3 Å². The summed E-state index contributed by atoms with van der Waals surface area (Å²) in [5.74, 6) is 1.05. The van der Waals surface area contributed by atoms with Crippen LogP contribution in [0.5, 0.6) is 11.5 Å². The van der Waals surface area contributed by atoms with Crippen molar-refractivity contribution in [2.45, 2.75) is 58.4 Å². The van der Waals surface area contributed by atoms with Crippen molar-refractivity contribution in [1.82, 2.24) is 9.38 Å². The minimum atomic E-state index is -0.316. The summed E-state index contributed by atoms with van der Waals surface area (Å²) >= 11 is 1.34. The fourth-order valence-electron chi connectivity index (χ4n) is 4.21. The van der Waals surface area contributed by atoms with Gasteiger partial charge in [0.2, 0.25) is 0 Å². The molecule has 3 aromatic rings. The van der Waals surface area contributed by atoms with Gasteiger partial charge in [0.25, 0.3) is 0 Å². The van der Waals surface area contributed by atoms with Crippen molar-refractivity contribution < 1.29 is 19.4 Å². The number of fused-ring (bicyclic) bond motifs is 1. The molecule has 31 heavy (non-hydrogen) atoms. The molecule has 1 saturated carbocycles. The highest BCUT2D eigenvalue weighted by atomic mass is 32.1. The highest BCUT2D eigenvalue weighted by Crippen LogP contribution is 2.39. The Kier molecular flexibility index (Phi) is 6.36. The van der Waals surface area contributed by atoms with Gasteiger partial charge < -0.3 is 19.9 Å². The number of nitrogens with zero attached hydrogens (tertiary/aromatic N) is 2. The molecule has 0 spiro atoms. The molecule has 4 rings (SSSR count). The van der Waals surface area contributed by atoms with Crippen molar-refractivity contribution >= 4 is 28.1 Å². The highest BCUT2D eigenvalue weighted by Gasteiger charge is 2.25. The summed E-state index contributed by atoms with van der Waals surface area (Å²) in [6, 6.07) is 5.60. The molecule has 0 atom stereocenters. The van der Waals surface area contributed by atoms with Gasteiger partial charge in [-0.2, -0.15) is 0 Å². The van der Waals surface area contributed by atoms with Crippen LogP contribution < -0.4 is 10.1 Å². The number of hydrogen-bond donors (Lipinski definition) is 2. The maximum atomic E-state index is 12.4. The third-order valence-electron chi connectivity index (χ3n) is 5.81. The molecule has 1 aromatic carbocycles. The van der Waals surface area contributed by atoms with Gasteiger partial charge in [-0.25, -0.2) is 9.78 Å². The Labute approximate surface area is 186 Å². The minimum absolute atomic E-state index is 0.0892. The Hall–Kier alpha value is -2.74. The van der Waals surface area contributed by atoms with Gasteiger partial charge in [-0.1, -0.05) is 37.0 Å². The van der Waals surface area contributed by atoms with Crippen molar-refractivity contribution in [3.63, 3.8) is 0 Å².